The SMILES string of the molecule is COc1ccnc(Cl)c1-c1c(Cl)ncn1-c1ccc(CS(=O)[O-])cn1. The Bertz CT molecular complexity index is 931. The molecule has 25 heavy (non-hydrogen) atoms. The van der Waals surface area contributed by atoms with Gasteiger partial charge in [0.05, 0.1) is 18.4 Å². The summed E-state index contributed by atoms with van der Waals surface area (Å²) >= 11 is 10.3. The molecule has 0 aliphatic heterocycles. The average molecular weight is 398 g/mol. The summed E-state index contributed by atoms with van der Waals surface area (Å²) in [6.07, 6.45) is 4.49. The number of rotatable bonds is 5. The van der Waals surface area contributed by atoms with Crippen LogP contribution < -0.4 is 4.74 Å². The van der Waals surface area contributed by atoms with E-state index in [-0.39, 0.29) is 16.1 Å². The van der Waals surface area contributed by atoms with Crippen molar-refractivity contribution in [3.8, 4) is 22.8 Å². The lowest BCUT2D eigenvalue weighted by Gasteiger charge is -2.13. The van der Waals surface area contributed by atoms with Crippen LogP contribution in [0.1, 0.15) is 5.56 Å². The molecule has 0 aliphatic rings. The number of hydrogen-bond donors (Lipinski definition) is 0. The Kier molecular flexibility index (Phi) is 5.33. The number of pyridine rings is 2. The second-order valence-corrected chi connectivity index (χ2v) is 6.52. The number of ether oxygens (including phenoxy) is 1. The zero-order valence-electron chi connectivity index (χ0n) is 12.8. The van der Waals surface area contributed by atoms with E-state index in [9.17, 15) is 8.76 Å². The van der Waals surface area contributed by atoms with E-state index in [2.05, 4.69) is 15.0 Å². The van der Waals surface area contributed by atoms with Gasteiger partial charge >= 0.3 is 0 Å². The maximum Gasteiger partial charge on any atom is 0.155 e. The Hall–Kier alpha value is -2.00. The predicted molar refractivity (Wildman–Crippen MR) is 93.8 cm³/mol. The lowest BCUT2D eigenvalue weighted by atomic mass is 10.2. The number of methoxy groups -OCH3 is 1. The van der Waals surface area contributed by atoms with Gasteiger partial charge in [0.2, 0.25) is 0 Å². The molecular formula is C15H11Cl2N4O3S-. The molecule has 0 saturated heterocycles. The average Bonchev–Trinajstić information content (AvgIpc) is 2.96. The molecule has 0 aromatic carbocycles. The summed E-state index contributed by atoms with van der Waals surface area (Å²) < 4.78 is 28.5. The molecule has 0 N–H and O–H groups in total. The summed E-state index contributed by atoms with van der Waals surface area (Å²) in [4.78, 5) is 12.4. The highest BCUT2D eigenvalue weighted by atomic mass is 35.5. The van der Waals surface area contributed by atoms with Gasteiger partial charge in [-0.15, -0.1) is 0 Å². The molecule has 0 radical (unpaired) electrons. The molecule has 0 saturated carbocycles. The highest BCUT2D eigenvalue weighted by Gasteiger charge is 2.21. The molecule has 3 rings (SSSR count). The van der Waals surface area contributed by atoms with E-state index in [4.69, 9.17) is 27.9 Å². The van der Waals surface area contributed by atoms with Gasteiger partial charge in [-0.3, -0.25) is 8.78 Å². The van der Waals surface area contributed by atoms with Crippen LogP contribution in [0.15, 0.2) is 36.9 Å². The van der Waals surface area contributed by atoms with Crippen molar-refractivity contribution in [2.24, 2.45) is 0 Å². The van der Waals surface area contributed by atoms with Gasteiger partial charge in [0, 0.05) is 18.1 Å². The van der Waals surface area contributed by atoms with Gasteiger partial charge in [-0.25, -0.2) is 15.0 Å². The minimum Gasteiger partial charge on any atom is -0.772 e. The van der Waals surface area contributed by atoms with E-state index in [1.54, 1.807) is 22.8 Å². The van der Waals surface area contributed by atoms with Crippen LogP contribution in [0.5, 0.6) is 5.75 Å². The third kappa shape index (κ3) is 3.67. The molecule has 10 heteroatoms. The molecule has 1 unspecified atom stereocenters. The molecule has 0 bridgehead atoms. The molecule has 1 atom stereocenters. The summed E-state index contributed by atoms with van der Waals surface area (Å²) in [5.41, 5.74) is 1.53. The van der Waals surface area contributed by atoms with Crippen LogP contribution in [0.2, 0.25) is 10.3 Å². The summed E-state index contributed by atoms with van der Waals surface area (Å²) in [6, 6.07) is 4.99. The number of hydrogen-bond acceptors (Lipinski definition) is 6. The zero-order valence-corrected chi connectivity index (χ0v) is 15.2. The fourth-order valence-corrected chi connectivity index (χ4v) is 3.22. The fourth-order valence-electron chi connectivity index (χ4n) is 2.31. The molecule has 0 fully saturated rings. The van der Waals surface area contributed by atoms with E-state index in [1.165, 1.54) is 25.8 Å². The molecule has 7 nitrogen and oxygen atoms in total. The van der Waals surface area contributed by atoms with Crippen LogP contribution in [0.3, 0.4) is 0 Å². The third-order valence-corrected chi connectivity index (χ3v) is 4.52. The third-order valence-electron chi connectivity index (χ3n) is 3.39. The highest BCUT2D eigenvalue weighted by Crippen LogP contribution is 2.39. The second kappa shape index (κ2) is 7.49. The molecule has 130 valence electrons. The van der Waals surface area contributed by atoms with Gasteiger partial charge in [0.15, 0.2) is 5.15 Å². The van der Waals surface area contributed by atoms with Gasteiger partial charge in [-0.2, -0.15) is 0 Å². The Morgan fingerprint density at radius 1 is 1.20 bits per heavy atom. The lowest BCUT2D eigenvalue weighted by molar-refractivity contribution is 0.415. The van der Waals surface area contributed by atoms with E-state index in [1.807, 2.05) is 0 Å². The first-order valence-electron chi connectivity index (χ1n) is 6.94. The van der Waals surface area contributed by atoms with Gasteiger partial charge in [-0.1, -0.05) is 40.3 Å². The molecule has 3 heterocycles. The van der Waals surface area contributed by atoms with Crippen molar-refractivity contribution in [3.63, 3.8) is 0 Å². The number of imidazole rings is 1. The van der Waals surface area contributed by atoms with Gasteiger partial charge < -0.3 is 9.29 Å². The van der Waals surface area contributed by atoms with Crippen molar-refractivity contribution in [2.45, 2.75) is 5.75 Å². The van der Waals surface area contributed by atoms with Crippen molar-refractivity contribution in [1.82, 2.24) is 19.5 Å². The van der Waals surface area contributed by atoms with Crippen LogP contribution in [-0.4, -0.2) is 35.4 Å². The number of nitrogens with zero attached hydrogens (tertiary/aromatic N) is 4. The van der Waals surface area contributed by atoms with Crippen LogP contribution >= 0.6 is 23.2 Å². The smallest absolute Gasteiger partial charge is 0.155 e. The fraction of sp³-hybridized carbons (Fsp3) is 0.133. The van der Waals surface area contributed by atoms with E-state index in [0.717, 1.165) is 0 Å². The maximum absolute atomic E-state index is 10.8. The summed E-state index contributed by atoms with van der Waals surface area (Å²) in [7, 11) is 1.51. The first kappa shape index (κ1) is 17.8. The monoisotopic (exact) mass is 397 g/mol. The highest BCUT2D eigenvalue weighted by molar-refractivity contribution is 7.78. The molecular weight excluding hydrogens is 387 g/mol. The summed E-state index contributed by atoms with van der Waals surface area (Å²) in [6.45, 7) is 0. The Morgan fingerprint density at radius 3 is 2.64 bits per heavy atom. The van der Waals surface area contributed by atoms with Gasteiger partial charge in [0.1, 0.15) is 23.0 Å². The molecule has 0 spiro atoms. The van der Waals surface area contributed by atoms with Gasteiger partial charge in [0.25, 0.3) is 0 Å². The predicted octanol–water partition coefficient (Wildman–Crippen LogP) is 3.02. The standard InChI is InChI=1S/C15H12Cl2N4O3S/c1-24-10-4-5-18-14(16)12(10)13-15(17)20-8-21(13)11-3-2-9(6-19-11)7-25(22)23/h2-6,8H,7H2,1H3,(H,22,23)/p-1. The molecule has 3 aromatic heterocycles. The largest absolute Gasteiger partial charge is 0.772 e. The van der Waals surface area contributed by atoms with E-state index < -0.39 is 11.1 Å². The first-order chi connectivity index (χ1) is 12.0. The Labute approximate surface area is 155 Å². The zero-order chi connectivity index (χ0) is 18.0. The van der Waals surface area contributed by atoms with E-state index in [0.29, 0.717) is 28.4 Å². The van der Waals surface area contributed by atoms with Crippen LogP contribution in [0.4, 0.5) is 0 Å². The number of halogens is 2. The lowest BCUT2D eigenvalue weighted by Crippen LogP contribution is -2.02. The topological polar surface area (TPSA) is 93.0 Å². The van der Waals surface area contributed by atoms with Crippen LogP contribution in [0.25, 0.3) is 17.1 Å². The van der Waals surface area contributed by atoms with Crippen molar-refractivity contribution >= 4 is 34.3 Å². The minimum atomic E-state index is -2.18. The normalized spacial score (nSPS) is 12.2. The van der Waals surface area contributed by atoms with Crippen molar-refractivity contribution in [1.29, 1.82) is 0 Å². The Balaban J connectivity index is 2.11. The quantitative estimate of drug-likeness (QED) is 0.485. The summed E-state index contributed by atoms with van der Waals surface area (Å²) in [5, 5.41) is 0.418. The minimum absolute atomic E-state index is 0.104. The number of aromatic nitrogens is 4. The Morgan fingerprint density at radius 2 is 2.00 bits per heavy atom. The summed E-state index contributed by atoms with van der Waals surface area (Å²) in [5.74, 6) is 0.881. The molecule has 0 amide bonds. The van der Waals surface area contributed by atoms with Crippen LogP contribution in [0, 0.1) is 0 Å². The molecule has 3 aromatic rings. The second-order valence-electron chi connectivity index (χ2n) is 4.91. The maximum atomic E-state index is 10.8. The van der Waals surface area contributed by atoms with Crippen molar-refractivity contribution < 1.29 is 13.5 Å². The first-order valence-corrected chi connectivity index (χ1v) is 8.94. The van der Waals surface area contributed by atoms with Gasteiger partial charge in [-0.05, 0) is 17.7 Å². The van der Waals surface area contributed by atoms with E-state index >= 15 is 0 Å². The van der Waals surface area contributed by atoms with Crippen molar-refractivity contribution in [2.75, 3.05) is 7.11 Å². The van der Waals surface area contributed by atoms with Crippen molar-refractivity contribution in [3.05, 3.63) is 52.8 Å². The van der Waals surface area contributed by atoms with Crippen LogP contribution in [-0.2, 0) is 16.8 Å². The molecule has 0 aliphatic carbocycles.